The standard InChI is InChI=1S/C30H25N3O3/c1-20-15-17-22(18-16-20)31-25-13-7-8-14-26(25)32-28(34)27(19-21-9-3-2-4-10-21)33-29(35)23-11-5-6-12-24(23)30(33)36/h2-18,27,31H,19H2,1H3,(H,32,34). The molecular formula is C30H25N3O3. The fraction of sp³-hybridized carbons (Fsp3) is 0.100. The first kappa shape index (κ1) is 23.1. The number of fused-ring (bicyclic) bond motifs is 1. The molecule has 2 N–H and O–H groups in total. The van der Waals surface area contributed by atoms with E-state index in [4.69, 9.17) is 0 Å². The van der Waals surface area contributed by atoms with Crippen molar-refractivity contribution >= 4 is 34.8 Å². The zero-order valence-electron chi connectivity index (χ0n) is 19.8. The Bertz CT molecular complexity index is 1400. The molecule has 178 valence electrons. The Morgan fingerprint density at radius 3 is 1.92 bits per heavy atom. The molecule has 0 spiro atoms. The first-order valence-electron chi connectivity index (χ1n) is 11.8. The van der Waals surface area contributed by atoms with E-state index in [-0.39, 0.29) is 6.42 Å². The molecule has 5 rings (SSSR count). The van der Waals surface area contributed by atoms with Crippen molar-refractivity contribution in [1.29, 1.82) is 0 Å². The minimum Gasteiger partial charge on any atom is -0.354 e. The summed E-state index contributed by atoms with van der Waals surface area (Å²) in [6.07, 6.45) is 0.200. The molecule has 1 heterocycles. The van der Waals surface area contributed by atoms with Crippen LogP contribution < -0.4 is 10.6 Å². The van der Waals surface area contributed by atoms with Crippen molar-refractivity contribution in [1.82, 2.24) is 4.90 Å². The summed E-state index contributed by atoms with van der Waals surface area (Å²) in [5.41, 5.74) is 4.76. The first-order chi connectivity index (χ1) is 17.5. The van der Waals surface area contributed by atoms with E-state index in [1.807, 2.05) is 79.7 Å². The largest absolute Gasteiger partial charge is 0.354 e. The summed E-state index contributed by atoms with van der Waals surface area (Å²) in [6.45, 7) is 2.02. The molecule has 1 aliphatic heterocycles. The number of imide groups is 1. The average Bonchev–Trinajstić information content (AvgIpc) is 3.15. The molecule has 1 atom stereocenters. The highest BCUT2D eigenvalue weighted by molar-refractivity contribution is 6.23. The number of hydrogen-bond donors (Lipinski definition) is 2. The van der Waals surface area contributed by atoms with E-state index in [2.05, 4.69) is 10.6 Å². The van der Waals surface area contributed by atoms with Gasteiger partial charge in [-0.2, -0.15) is 0 Å². The number of nitrogens with one attached hydrogen (secondary N) is 2. The number of hydrogen-bond acceptors (Lipinski definition) is 4. The van der Waals surface area contributed by atoms with Crippen LogP contribution in [0.15, 0.2) is 103 Å². The molecule has 1 aliphatic rings. The third kappa shape index (κ3) is 4.61. The van der Waals surface area contributed by atoms with Gasteiger partial charge in [-0.15, -0.1) is 0 Å². The van der Waals surface area contributed by atoms with Gasteiger partial charge in [0.2, 0.25) is 5.91 Å². The second kappa shape index (κ2) is 9.88. The van der Waals surface area contributed by atoms with Crippen LogP contribution in [-0.4, -0.2) is 28.7 Å². The van der Waals surface area contributed by atoms with Crippen LogP contribution in [0.4, 0.5) is 17.1 Å². The molecule has 1 unspecified atom stereocenters. The second-order valence-electron chi connectivity index (χ2n) is 8.76. The summed E-state index contributed by atoms with van der Waals surface area (Å²) in [6, 6.07) is 30.3. The Labute approximate surface area is 209 Å². The minimum absolute atomic E-state index is 0.200. The van der Waals surface area contributed by atoms with E-state index in [1.54, 1.807) is 30.3 Å². The highest BCUT2D eigenvalue weighted by Crippen LogP contribution is 2.29. The van der Waals surface area contributed by atoms with Gasteiger partial charge in [0.1, 0.15) is 6.04 Å². The molecule has 0 saturated heterocycles. The van der Waals surface area contributed by atoms with Gasteiger partial charge in [-0.25, -0.2) is 0 Å². The maximum Gasteiger partial charge on any atom is 0.262 e. The Kier molecular flexibility index (Phi) is 6.33. The van der Waals surface area contributed by atoms with E-state index in [9.17, 15) is 14.4 Å². The molecule has 3 amide bonds. The number of para-hydroxylation sites is 2. The number of rotatable bonds is 7. The summed E-state index contributed by atoms with van der Waals surface area (Å²) < 4.78 is 0. The zero-order chi connectivity index (χ0) is 25.1. The lowest BCUT2D eigenvalue weighted by molar-refractivity contribution is -0.119. The first-order valence-corrected chi connectivity index (χ1v) is 11.8. The van der Waals surface area contributed by atoms with Crippen molar-refractivity contribution in [2.24, 2.45) is 0 Å². The van der Waals surface area contributed by atoms with Gasteiger partial charge >= 0.3 is 0 Å². The number of aryl methyl sites for hydroxylation is 1. The second-order valence-corrected chi connectivity index (χ2v) is 8.76. The molecule has 4 aromatic carbocycles. The normalized spacial score (nSPS) is 13.3. The van der Waals surface area contributed by atoms with Gasteiger partial charge in [-0.05, 0) is 48.9 Å². The average molecular weight is 476 g/mol. The van der Waals surface area contributed by atoms with Crippen LogP contribution in [0.1, 0.15) is 31.8 Å². The van der Waals surface area contributed by atoms with Crippen molar-refractivity contribution < 1.29 is 14.4 Å². The number of nitrogens with zero attached hydrogens (tertiary/aromatic N) is 1. The molecule has 0 aliphatic carbocycles. The third-order valence-corrected chi connectivity index (χ3v) is 6.23. The molecule has 0 fully saturated rings. The molecule has 6 heteroatoms. The SMILES string of the molecule is Cc1ccc(Nc2ccccc2NC(=O)C(Cc2ccccc2)N2C(=O)c3ccccc3C2=O)cc1. The lowest BCUT2D eigenvalue weighted by atomic mass is 10.0. The summed E-state index contributed by atoms with van der Waals surface area (Å²) >= 11 is 0. The van der Waals surface area contributed by atoms with Gasteiger partial charge in [0.05, 0.1) is 22.5 Å². The van der Waals surface area contributed by atoms with Gasteiger partial charge in [-0.3, -0.25) is 19.3 Å². The molecule has 0 bridgehead atoms. The Morgan fingerprint density at radius 2 is 1.28 bits per heavy atom. The van der Waals surface area contributed by atoms with E-state index >= 15 is 0 Å². The van der Waals surface area contributed by atoms with E-state index in [0.29, 0.717) is 22.5 Å². The molecule has 6 nitrogen and oxygen atoms in total. The Balaban J connectivity index is 1.45. The maximum absolute atomic E-state index is 13.7. The van der Waals surface area contributed by atoms with Gasteiger partial charge in [0.25, 0.3) is 11.8 Å². The Morgan fingerprint density at radius 1 is 0.722 bits per heavy atom. The highest BCUT2D eigenvalue weighted by Gasteiger charge is 2.42. The highest BCUT2D eigenvalue weighted by atomic mass is 16.2. The van der Waals surface area contributed by atoms with Gasteiger partial charge < -0.3 is 10.6 Å². The predicted octanol–water partition coefficient (Wildman–Crippen LogP) is 5.58. The topological polar surface area (TPSA) is 78.5 Å². The minimum atomic E-state index is -1.02. The smallest absolute Gasteiger partial charge is 0.262 e. The maximum atomic E-state index is 13.7. The van der Waals surface area contributed by atoms with Crippen LogP contribution in [0, 0.1) is 6.92 Å². The summed E-state index contributed by atoms with van der Waals surface area (Å²) in [7, 11) is 0. The van der Waals surface area contributed by atoms with Crippen molar-refractivity contribution in [2.45, 2.75) is 19.4 Å². The zero-order valence-corrected chi connectivity index (χ0v) is 19.8. The van der Waals surface area contributed by atoms with Crippen LogP contribution >= 0.6 is 0 Å². The number of carbonyl (C=O) groups excluding carboxylic acids is 3. The van der Waals surface area contributed by atoms with E-state index in [0.717, 1.165) is 21.7 Å². The van der Waals surface area contributed by atoms with E-state index < -0.39 is 23.8 Å². The number of amides is 3. The van der Waals surface area contributed by atoms with E-state index in [1.165, 1.54) is 0 Å². The van der Waals surface area contributed by atoms with Crippen LogP contribution in [0.5, 0.6) is 0 Å². The number of anilines is 3. The van der Waals surface area contributed by atoms with Gasteiger partial charge in [-0.1, -0.05) is 72.3 Å². The lowest BCUT2D eigenvalue weighted by Gasteiger charge is -2.26. The van der Waals surface area contributed by atoms with Gasteiger partial charge in [0, 0.05) is 12.1 Å². The van der Waals surface area contributed by atoms with Crippen molar-refractivity contribution in [3.63, 3.8) is 0 Å². The molecule has 4 aromatic rings. The molecule has 0 aromatic heterocycles. The Hall–Kier alpha value is -4.71. The third-order valence-electron chi connectivity index (χ3n) is 6.23. The number of carbonyl (C=O) groups is 3. The van der Waals surface area contributed by atoms with Gasteiger partial charge in [0.15, 0.2) is 0 Å². The van der Waals surface area contributed by atoms with Crippen molar-refractivity contribution in [3.05, 3.63) is 125 Å². The monoisotopic (exact) mass is 475 g/mol. The van der Waals surface area contributed by atoms with Crippen LogP contribution in [0.25, 0.3) is 0 Å². The summed E-state index contributed by atoms with van der Waals surface area (Å²) in [5, 5.41) is 6.29. The molecular weight excluding hydrogens is 450 g/mol. The quantitative estimate of drug-likeness (QED) is 0.342. The van der Waals surface area contributed by atoms with Crippen LogP contribution in [0.2, 0.25) is 0 Å². The van der Waals surface area contributed by atoms with Crippen LogP contribution in [0.3, 0.4) is 0 Å². The van der Waals surface area contributed by atoms with Crippen LogP contribution in [-0.2, 0) is 11.2 Å². The predicted molar refractivity (Wildman–Crippen MR) is 140 cm³/mol. The fourth-order valence-electron chi connectivity index (χ4n) is 4.34. The van der Waals surface area contributed by atoms with Crippen molar-refractivity contribution in [2.75, 3.05) is 10.6 Å². The molecule has 0 radical (unpaired) electrons. The summed E-state index contributed by atoms with van der Waals surface area (Å²) in [4.78, 5) is 41.3. The van der Waals surface area contributed by atoms with Crippen molar-refractivity contribution in [3.8, 4) is 0 Å². The number of benzene rings is 4. The molecule has 0 saturated carbocycles. The summed E-state index contributed by atoms with van der Waals surface area (Å²) in [5.74, 6) is -1.36. The molecule has 36 heavy (non-hydrogen) atoms. The lowest BCUT2D eigenvalue weighted by Crippen LogP contribution is -2.48. The fourth-order valence-corrected chi connectivity index (χ4v) is 4.34.